The minimum absolute atomic E-state index is 0.0677. The van der Waals surface area contributed by atoms with Gasteiger partial charge in [0, 0.05) is 17.7 Å². The normalized spacial score (nSPS) is 11.8. The number of halogens is 3. The SMILES string of the molecule is COC(=O)c1cc(-c2cccc([N+](=O)[O-])c2)nc2c3c(C)cc(C(F)(F)F)nc3nn12. The standard InChI is InChI=1S/C19H12F3N5O4/c1-9-6-14(19(20,21)22)24-16-15(9)17-23-12(8-13(18(28)31-2)26(17)25-16)10-4-3-5-11(7-10)27(29)30/h3-8H,1-2H3. The predicted molar refractivity (Wildman–Crippen MR) is 101 cm³/mol. The summed E-state index contributed by atoms with van der Waals surface area (Å²) in [7, 11) is 1.14. The minimum Gasteiger partial charge on any atom is -0.464 e. The maximum atomic E-state index is 13.2. The van der Waals surface area contributed by atoms with Gasteiger partial charge in [0.25, 0.3) is 5.69 Å². The number of esters is 1. The first-order chi connectivity index (χ1) is 14.6. The number of hydrogen-bond donors (Lipinski definition) is 0. The van der Waals surface area contributed by atoms with Crippen molar-refractivity contribution in [2.75, 3.05) is 7.11 Å². The smallest absolute Gasteiger partial charge is 0.433 e. The van der Waals surface area contributed by atoms with E-state index in [9.17, 15) is 28.1 Å². The lowest BCUT2D eigenvalue weighted by molar-refractivity contribution is -0.384. The Morgan fingerprint density at radius 2 is 1.94 bits per heavy atom. The number of nitrogens with zero attached hydrogens (tertiary/aromatic N) is 5. The van der Waals surface area contributed by atoms with E-state index in [1.165, 1.54) is 31.2 Å². The number of alkyl halides is 3. The topological polar surface area (TPSA) is 113 Å². The number of ether oxygens (including phenoxy) is 1. The zero-order valence-corrected chi connectivity index (χ0v) is 16.0. The van der Waals surface area contributed by atoms with Crippen molar-refractivity contribution in [3.63, 3.8) is 0 Å². The van der Waals surface area contributed by atoms with Gasteiger partial charge in [0.2, 0.25) is 0 Å². The fraction of sp³-hybridized carbons (Fsp3) is 0.158. The van der Waals surface area contributed by atoms with Crippen LogP contribution < -0.4 is 0 Å². The second kappa shape index (κ2) is 7.00. The molecule has 0 unspecified atom stereocenters. The molecule has 0 fully saturated rings. The number of rotatable bonds is 3. The molecule has 4 aromatic rings. The van der Waals surface area contributed by atoms with Crippen LogP contribution in [-0.2, 0) is 10.9 Å². The van der Waals surface area contributed by atoms with Crippen LogP contribution in [0.4, 0.5) is 18.9 Å². The third kappa shape index (κ3) is 3.41. The number of nitro benzene ring substituents is 1. The summed E-state index contributed by atoms with van der Waals surface area (Å²) in [5.74, 6) is -0.819. The van der Waals surface area contributed by atoms with Crippen LogP contribution in [0.5, 0.6) is 0 Å². The van der Waals surface area contributed by atoms with Crippen molar-refractivity contribution in [3.05, 3.63) is 63.5 Å². The first-order valence-electron chi connectivity index (χ1n) is 8.71. The third-order valence-corrected chi connectivity index (χ3v) is 4.58. The lowest BCUT2D eigenvalue weighted by atomic mass is 10.1. The molecular weight excluding hydrogens is 419 g/mol. The molecule has 0 amide bonds. The molecule has 3 heterocycles. The highest BCUT2D eigenvalue weighted by molar-refractivity contribution is 5.97. The van der Waals surface area contributed by atoms with Gasteiger partial charge in [-0.25, -0.2) is 19.3 Å². The number of aromatic nitrogens is 4. The van der Waals surface area contributed by atoms with Crippen LogP contribution in [0.25, 0.3) is 27.9 Å². The summed E-state index contributed by atoms with van der Waals surface area (Å²) in [6.07, 6.45) is -4.68. The fourth-order valence-electron chi connectivity index (χ4n) is 3.18. The highest BCUT2D eigenvalue weighted by Crippen LogP contribution is 2.33. The molecule has 0 aliphatic rings. The van der Waals surface area contributed by atoms with Gasteiger partial charge in [-0.2, -0.15) is 13.2 Å². The lowest BCUT2D eigenvalue weighted by Gasteiger charge is -2.08. The number of nitro groups is 1. The summed E-state index contributed by atoms with van der Waals surface area (Å²) in [5, 5.41) is 15.4. The van der Waals surface area contributed by atoms with E-state index in [-0.39, 0.29) is 39.3 Å². The Balaban J connectivity index is 2.07. The van der Waals surface area contributed by atoms with Gasteiger partial charge < -0.3 is 4.74 Å². The van der Waals surface area contributed by atoms with Crippen LogP contribution in [-0.4, -0.2) is 37.6 Å². The lowest BCUT2D eigenvalue weighted by Crippen LogP contribution is -2.10. The van der Waals surface area contributed by atoms with Crippen LogP contribution in [0.2, 0.25) is 0 Å². The van der Waals surface area contributed by atoms with E-state index in [4.69, 9.17) is 4.74 Å². The molecule has 0 radical (unpaired) electrons. The fourth-order valence-corrected chi connectivity index (χ4v) is 3.18. The number of hydrogen-bond acceptors (Lipinski definition) is 7. The largest absolute Gasteiger partial charge is 0.464 e. The second-order valence-corrected chi connectivity index (χ2v) is 6.58. The molecule has 0 N–H and O–H groups in total. The van der Waals surface area contributed by atoms with Crippen molar-refractivity contribution in [3.8, 4) is 11.3 Å². The predicted octanol–water partition coefficient (Wildman–Crippen LogP) is 3.97. The molecule has 0 aliphatic carbocycles. The summed E-state index contributed by atoms with van der Waals surface area (Å²) < 4.78 is 45.3. The highest BCUT2D eigenvalue weighted by atomic mass is 19.4. The molecule has 4 rings (SSSR count). The Morgan fingerprint density at radius 3 is 2.58 bits per heavy atom. The molecule has 31 heavy (non-hydrogen) atoms. The van der Waals surface area contributed by atoms with Crippen molar-refractivity contribution in [2.45, 2.75) is 13.1 Å². The van der Waals surface area contributed by atoms with Gasteiger partial charge >= 0.3 is 12.1 Å². The summed E-state index contributed by atoms with van der Waals surface area (Å²) in [4.78, 5) is 30.9. The van der Waals surface area contributed by atoms with Gasteiger partial charge in [-0.05, 0) is 24.6 Å². The number of fused-ring (bicyclic) bond motifs is 3. The number of benzene rings is 1. The quantitative estimate of drug-likeness (QED) is 0.274. The van der Waals surface area contributed by atoms with E-state index in [2.05, 4.69) is 15.1 Å². The van der Waals surface area contributed by atoms with Gasteiger partial charge in [-0.15, -0.1) is 5.10 Å². The van der Waals surface area contributed by atoms with Gasteiger partial charge in [0.1, 0.15) is 5.69 Å². The molecule has 0 atom stereocenters. The number of carbonyl (C=O) groups is 1. The summed E-state index contributed by atoms with van der Waals surface area (Å²) >= 11 is 0. The number of carbonyl (C=O) groups excluding carboxylic acids is 1. The van der Waals surface area contributed by atoms with Crippen molar-refractivity contribution < 1.29 is 27.6 Å². The van der Waals surface area contributed by atoms with Gasteiger partial charge in [0.05, 0.1) is 23.1 Å². The Kier molecular flexibility index (Phi) is 4.56. The Hall–Kier alpha value is -4.09. The summed E-state index contributed by atoms with van der Waals surface area (Å²) in [6.45, 7) is 1.44. The highest BCUT2D eigenvalue weighted by Gasteiger charge is 2.34. The van der Waals surface area contributed by atoms with Gasteiger partial charge in [-0.3, -0.25) is 10.1 Å². The van der Waals surface area contributed by atoms with Crippen LogP contribution in [0.15, 0.2) is 36.4 Å². The number of methoxy groups -OCH3 is 1. The zero-order valence-electron chi connectivity index (χ0n) is 16.0. The van der Waals surface area contributed by atoms with Gasteiger partial charge in [-0.1, -0.05) is 12.1 Å². The average Bonchev–Trinajstić information content (AvgIpc) is 3.11. The van der Waals surface area contributed by atoms with E-state index < -0.39 is 22.8 Å². The molecule has 0 saturated heterocycles. The molecule has 1 aromatic carbocycles. The maximum Gasteiger partial charge on any atom is 0.433 e. The third-order valence-electron chi connectivity index (χ3n) is 4.58. The Morgan fingerprint density at radius 1 is 1.19 bits per heavy atom. The molecule has 0 bridgehead atoms. The van der Waals surface area contributed by atoms with E-state index in [0.717, 1.165) is 17.7 Å². The second-order valence-electron chi connectivity index (χ2n) is 6.58. The molecule has 0 saturated carbocycles. The van der Waals surface area contributed by atoms with E-state index in [1.807, 2.05) is 0 Å². The number of pyridine rings is 1. The Labute approximate surface area is 171 Å². The molecule has 0 aliphatic heterocycles. The van der Waals surface area contributed by atoms with Crippen LogP contribution in [0, 0.1) is 17.0 Å². The van der Waals surface area contributed by atoms with Crippen molar-refractivity contribution in [2.24, 2.45) is 0 Å². The Bertz CT molecular complexity index is 1380. The minimum atomic E-state index is -4.68. The average molecular weight is 431 g/mol. The first kappa shape index (κ1) is 20.2. The zero-order chi connectivity index (χ0) is 22.5. The van der Waals surface area contributed by atoms with Crippen LogP contribution in [0.1, 0.15) is 21.7 Å². The van der Waals surface area contributed by atoms with E-state index in [0.29, 0.717) is 5.56 Å². The van der Waals surface area contributed by atoms with Crippen molar-refractivity contribution in [1.29, 1.82) is 0 Å². The molecule has 9 nitrogen and oxygen atoms in total. The maximum absolute atomic E-state index is 13.2. The number of non-ortho nitro benzene ring substituents is 1. The molecular formula is C19H12F3N5O4. The summed E-state index contributed by atoms with van der Waals surface area (Å²) in [6, 6.07) is 7.73. The number of aryl methyl sites for hydroxylation is 1. The monoisotopic (exact) mass is 431 g/mol. The van der Waals surface area contributed by atoms with E-state index >= 15 is 0 Å². The first-order valence-corrected chi connectivity index (χ1v) is 8.71. The van der Waals surface area contributed by atoms with Crippen LogP contribution >= 0.6 is 0 Å². The molecule has 3 aromatic heterocycles. The molecule has 158 valence electrons. The van der Waals surface area contributed by atoms with Gasteiger partial charge in [0.15, 0.2) is 17.0 Å². The molecule has 0 spiro atoms. The van der Waals surface area contributed by atoms with Crippen LogP contribution in [0.3, 0.4) is 0 Å². The summed E-state index contributed by atoms with van der Waals surface area (Å²) in [5.41, 5.74) is -0.915. The molecule has 12 heteroatoms. The van der Waals surface area contributed by atoms with Crippen molar-refractivity contribution >= 4 is 28.3 Å². The van der Waals surface area contributed by atoms with E-state index in [1.54, 1.807) is 6.07 Å². The van der Waals surface area contributed by atoms with Crippen molar-refractivity contribution in [1.82, 2.24) is 19.6 Å².